The number of hydrogen-bond donors (Lipinski definition) is 2. The number of nitrogens with one attached hydrogen (secondary N) is 2. The minimum Gasteiger partial charge on any atom is -0.493 e. The number of ether oxygens (including phenoxy) is 3. The lowest BCUT2D eigenvalue weighted by Crippen LogP contribution is -2.28. The summed E-state index contributed by atoms with van der Waals surface area (Å²) in [5, 5.41) is 6.60. The van der Waals surface area contributed by atoms with Crippen molar-refractivity contribution in [2.75, 3.05) is 20.3 Å². The summed E-state index contributed by atoms with van der Waals surface area (Å²) in [4.78, 5) is 23.7. The van der Waals surface area contributed by atoms with Gasteiger partial charge in [-0.25, -0.2) is 5.43 Å². The fourth-order valence-corrected chi connectivity index (χ4v) is 2.54. The first-order valence-corrected chi connectivity index (χ1v) is 9.73. The van der Waals surface area contributed by atoms with Crippen LogP contribution in [0.25, 0.3) is 0 Å². The lowest BCUT2D eigenvalue weighted by atomic mass is 10.2. The van der Waals surface area contributed by atoms with Gasteiger partial charge in [0.25, 0.3) is 11.8 Å². The zero-order valence-corrected chi connectivity index (χ0v) is 17.4. The van der Waals surface area contributed by atoms with E-state index in [-0.39, 0.29) is 19.1 Å². The number of hydrazone groups is 1. The van der Waals surface area contributed by atoms with E-state index in [4.69, 9.17) is 18.6 Å². The van der Waals surface area contributed by atoms with Crippen LogP contribution in [0.4, 0.5) is 0 Å². The van der Waals surface area contributed by atoms with Crippen molar-refractivity contribution in [3.8, 4) is 17.2 Å². The van der Waals surface area contributed by atoms with Gasteiger partial charge in [-0.15, -0.1) is 0 Å². The monoisotopic (exact) mass is 437 g/mol. The predicted molar refractivity (Wildman–Crippen MR) is 117 cm³/mol. The number of para-hydroxylation sites is 2. The van der Waals surface area contributed by atoms with Crippen LogP contribution in [0.5, 0.6) is 17.2 Å². The van der Waals surface area contributed by atoms with Gasteiger partial charge >= 0.3 is 0 Å². The molecule has 0 atom stereocenters. The fourth-order valence-electron chi connectivity index (χ4n) is 2.54. The van der Waals surface area contributed by atoms with E-state index in [9.17, 15) is 9.59 Å². The third-order valence-electron chi connectivity index (χ3n) is 4.12. The van der Waals surface area contributed by atoms with Gasteiger partial charge in [-0.3, -0.25) is 9.59 Å². The van der Waals surface area contributed by atoms with Gasteiger partial charge in [0, 0.05) is 0 Å². The van der Waals surface area contributed by atoms with E-state index < -0.39 is 5.91 Å². The highest BCUT2D eigenvalue weighted by atomic mass is 16.5. The lowest BCUT2D eigenvalue weighted by molar-refractivity contribution is -0.123. The third-order valence-corrected chi connectivity index (χ3v) is 4.12. The Morgan fingerprint density at radius 2 is 1.69 bits per heavy atom. The molecular formula is C23H23N3O6. The topological polar surface area (TPSA) is 111 Å². The number of benzene rings is 2. The van der Waals surface area contributed by atoms with E-state index in [1.807, 2.05) is 6.07 Å². The first-order chi connectivity index (χ1) is 15.6. The Hall–Kier alpha value is -4.27. The van der Waals surface area contributed by atoms with Crippen molar-refractivity contribution in [3.63, 3.8) is 0 Å². The largest absolute Gasteiger partial charge is 0.493 e. The number of hydrogen-bond acceptors (Lipinski definition) is 7. The molecule has 0 radical (unpaired) electrons. The molecule has 3 rings (SSSR count). The summed E-state index contributed by atoms with van der Waals surface area (Å²) >= 11 is 0. The van der Waals surface area contributed by atoms with Gasteiger partial charge < -0.3 is 23.9 Å². The van der Waals surface area contributed by atoms with Gasteiger partial charge in [0.1, 0.15) is 11.5 Å². The maximum Gasteiger partial charge on any atom is 0.277 e. The van der Waals surface area contributed by atoms with Crippen LogP contribution >= 0.6 is 0 Å². The number of methoxy groups -OCH3 is 1. The quantitative estimate of drug-likeness (QED) is 0.352. The molecule has 0 bridgehead atoms. The molecule has 9 heteroatoms. The molecule has 2 amide bonds. The Labute approximate surface area is 185 Å². The summed E-state index contributed by atoms with van der Waals surface area (Å²) in [6, 6.07) is 17.5. The molecule has 0 aliphatic carbocycles. The number of amides is 2. The Kier molecular flexibility index (Phi) is 8.26. The smallest absolute Gasteiger partial charge is 0.277 e. The Balaban J connectivity index is 1.37. The predicted octanol–water partition coefficient (Wildman–Crippen LogP) is 2.51. The van der Waals surface area contributed by atoms with Crippen molar-refractivity contribution in [2.24, 2.45) is 5.10 Å². The summed E-state index contributed by atoms with van der Waals surface area (Å²) in [6.07, 6.45) is 3.03. The van der Waals surface area contributed by atoms with E-state index in [0.29, 0.717) is 29.6 Å². The highest BCUT2D eigenvalue weighted by molar-refractivity contribution is 5.83. The number of furan rings is 1. The molecular weight excluding hydrogens is 414 g/mol. The first kappa shape index (κ1) is 22.4. The zero-order valence-electron chi connectivity index (χ0n) is 17.4. The fraction of sp³-hybridized carbons (Fsp3) is 0.174. The van der Waals surface area contributed by atoms with Crippen LogP contribution in [-0.2, 0) is 16.1 Å². The molecule has 1 aromatic heterocycles. The molecule has 166 valence electrons. The number of nitrogens with zero attached hydrogens (tertiary/aromatic N) is 1. The molecule has 0 unspecified atom stereocenters. The third kappa shape index (κ3) is 7.21. The molecule has 0 saturated heterocycles. The summed E-state index contributed by atoms with van der Waals surface area (Å²) in [5.41, 5.74) is 3.13. The Morgan fingerprint density at radius 3 is 2.41 bits per heavy atom. The highest BCUT2D eigenvalue weighted by Gasteiger charge is 2.06. The van der Waals surface area contributed by atoms with Crippen LogP contribution in [0.15, 0.2) is 76.4 Å². The van der Waals surface area contributed by atoms with Gasteiger partial charge in [0.15, 0.2) is 24.7 Å². The molecule has 9 nitrogen and oxygen atoms in total. The van der Waals surface area contributed by atoms with Crippen LogP contribution in [0.1, 0.15) is 11.3 Å². The summed E-state index contributed by atoms with van der Waals surface area (Å²) < 4.78 is 21.2. The molecule has 2 N–H and O–H groups in total. The Bertz CT molecular complexity index is 1030. The normalized spacial score (nSPS) is 10.5. The maximum absolute atomic E-state index is 11.9. The average Bonchev–Trinajstić information content (AvgIpc) is 3.35. The zero-order chi connectivity index (χ0) is 22.6. The summed E-state index contributed by atoms with van der Waals surface area (Å²) in [7, 11) is 1.53. The molecule has 32 heavy (non-hydrogen) atoms. The number of carbonyl (C=O) groups excluding carboxylic acids is 2. The van der Waals surface area contributed by atoms with Crippen LogP contribution in [-0.4, -0.2) is 38.4 Å². The molecule has 1 heterocycles. The molecule has 0 aliphatic rings. The Morgan fingerprint density at radius 1 is 0.938 bits per heavy atom. The van der Waals surface area contributed by atoms with Crippen molar-refractivity contribution in [3.05, 3.63) is 78.3 Å². The van der Waals surface area contributed by atoms with Crippen LogP contribution in [0.3, 0.4) is 0 Å². The second-order valence-electron chi connectivity index (χ2n) is 6.45. The van der Waals surface area contributed by atoms with Gasteiger partial charge in [-0.2, -0.15) is 5.10 Å². The standard InChI is InChI=1S/C23H23N3O6/c1-29-20-6-2-3-7-21(20)32-16-23(28)26-25-13-17-8-10-18(11-9-17)31-15-22(27)24-14-19-5-4-12-30-19/h2-13H,14-16H2,1H3,(H,24,27)(H,26,28)/b25-13+. The van der Waals surface area contributed by atoms with Gasteiger partial charge in [0.2, 0.25) is 0 Å². The minimum atomic E-state index is -0.410. The van der Waals surface area contributed by atoms with Crippen molar-refractivity contribution in [1.29, 1.82) is 0 Å². The van der Waals surface area contributed by atoms with Crippen LogP contribution in [0, 0.1) is 0 Å². The van der Waals surface area contributed by atoms with Gasteiger partial charge in [-0.1, -0.05) is 12.1 Å². The number of carbonyl (C=O) groups is 2. The van der Waals surface area contributed by atoms with Crippen LogP contribution < -0.4 is 25.0 Å². The maximum atomic E-state index is 11.9. The second kappa shape index (κ2) is 11.8. The molecule has 0 spiro atoms. The van der Waals surface area contributed by atoms with Crippen molar-refractivity contribution in [1.82, 2.24) is 10.7 Å². The van der Waals surface area contributed by atoms with Gasteiger partial charge in [-0.05, 0) is 54.1 Å². The van der Waals surface area contributed by atoms with Crippen molar-refractivity contribution < 1.29 is 28.2 Å². The molecule has 0 aliphatic heterocycles. The summed E-state index contributed by atoms with van der Waals surface area (Å²) in [5.74, 6) is 1.54. The van der Waals surface area contributed by atoms with Crippen molar-refractivity contribution >= 4 is 18.0 Å². The lowest BCUT2D eigenvalue weighted by Gasteiger charge is -2.09. The second-order valence-corrected chi connectivity index (χ2v) is 6.45. The van der Waals surface area contributed by atoms with E-state index in [1.165, 1.54) is 13.3 Å². The molecule has 3 aromatic rings. The molecule has 2 aromatic carbocycles. The molecule has 0 fully saturated rings. The number of rotatable bonds is 11. The van der Waals surface area contributed by atoms with Gasteiger partial charge in [0.05, 0.1) is 26.1 Å². The SMILES string of the molecule is COc1ccccc1OCC(=O)N/N=C/c1ccc(OCC(=O)NCc2ccco2)cc1. The van der Waals surface area contributed by atoms with E-state index in [1.54, 1.807) is 60.9 Å². The molecule has 0 saturated carbocycles. The summed E-state index contributed by atoms with van der Waals surface area (Å²) in [6.45, 7) is -0.0108. The minimum absolute atomic E-state index is 0.115. The van der Waals surface area contributed by atoms with E-state index >= 15 is 0 Å². The first-order valence-electron chi connectivity index (χ1n) is 9.73. The van der Waals surface area contributed by atoms with Crippen LogP contribution in [0.2, 0.25) is 0 Å². The highest BCUT2D eigenvalue weighted by Crippen LogP contribution is 2.25. The van der Waals surface area contributed by atoms with Crippen molar-refractivity contribution in [2.45, 2.75) is 6.54 Å². The van der Waals surface area contributed by atoms with E-state index in [2.05, 4.69) is 15.8 Å². The average molecular weight is 437 g/mol. The van der Waals surface area contributed by atoms with E-state index in [0.717, 1.165) is 5.56 Å².